The molecule has 216 valence electrons. The van der Waals surface area contributed by atoms with E-state index >= 15 is 0 Å². The maximum atomic E-state index is 12.8. The summed E-state index contributed by atoms with van der Waals surface area (Å²) in [5, 5.41) is 27.6. The number of nitrogens with two attached hydrogens (primary N) is 1. The number of hydrogen-bond acceptors (Lipinski definition) is 7. The van der Waals surface area contributed by atoms with Gasteiger partial charge in [0.15, 0.2) is 0 Å². The van der Waals surface area contributed by atoms with Gasteiger partial charge >= 0.3 is 0 Å². The van der Waals surface area contributed by atoms with Gasteiger partial charge < -0.3 is 37.2 Å². The summed E-state index contributed by atoms with van der Waals surface area (Å²) in [6.45, 7) is 1.13. The quantitative estimate of drug-likeness (QED) is 0.258. The van der Waals surface area contributed by atoms with Gasteiger partial charge in [0, 0.05) is 19.9 Å². The fourth-order valence-electron chi connectivity index (χ4n) is 3.93. The summed E-state index contributed by atoms with van der Waals surface area (Å²) in [4.78, 5) is 59.7. The predicted molar refractivity (Wildman–Crippen MR) is 147 cm³/mol. The zero-order valence-corrected chi connectivity index (χ0v) is 22.4. The molecular formula is C28H37N5O7. The molecule has 1 aliphatic rings. The molecule has 2 aromatic carbocycles. The molecule has 8 N–H and O–H groups in total. The van der Waals surface area contributed by atoms with Crippen molar-refractivity contribution in [3.05, 3.63) is 65.7 Å². The van der Waals surface area contributed by atoms with E-state index in [0.29, 0.717) is 32.2 Å². The van der Waals surface area contributed by atoms with E-state index in [1.807, 2.05) is 30.3 Å². The van der Waals surface area contributed by atoms with Crippen molar-refractivity contribution in [1.29, 1.82) is 0 Å². The van der Waals surface area contributed by atoms with Gasteiger partial charge in [0.05, 0.1) is 12.6 Å². The van der Waals surface area contributed by atoms with Crippen LogP contribution < -0.4 is 27.0 Å². The van der Waals surface area contributed by atoms with Crippen molar-refractivity contribution < 1.29 is 34.2 Å². The Hall–Kier alpha value is -4.45. The van der Waals surface area contributed by atoms with Crippen LogP contribution in [-0.4, -0.2) is 71.0 Å². The molecule has 1 fully saturated rings. The van der Waals surface area contributed by atoms with Crippen LogP contribution in [0, 0.1) is 0 Å². The van der Waals surface area contributed by atoms with E-state index in [1.165, 1.54) is 12.1 Å². The van der Waals surface area contributed by atoms with E-state index in [4.69, 9.17) is 15.6 Å². The first-order valence-electron chi connectivity index (χ1n) is 13.0. The summed E-state index contributed by atoms with van der Waals surface area (Å²) in [6, 6.07) is 13.2. The molecule has 0 aromatic heterocycles. The largest absolute Gasteiger partial charge is 0.508 e. The smallest absolute Gasteiger partial charge is 0.300 e. The molecule has 12 heteroatoms. The minimum absolute atomic E-state index is 0.115. The Morgan fingerprint density at radius 3 is 2.27 bits per heavy atom. The molecule has 12 nitrogen and oxygen atoms in total. The average molecular weight is 556 g/mol. The summed E-state index contributed by atoms with van der Waals surface area (Å²) in [7, 11) is 0. The van der Waals surface area contributed by atoms with Crippen molar-refractivity contribution in [3.63, 3.8) is 0 Å². The molecule has 3 rings (SSSR count). The van der Waals surface area contributed by atoms with Gasteiger partial charge in [0.1, 0.15) is 17.8 Å². The zero-order valence-electron chi connectivity index (χ0n) is 22.4. The monoisotopic (exact) mass is 555 g/mol. The van der Waals surface area contributed by atoms with Gasteiger partial charge in [-0.1, -0.05) is 42.5 Å². The van der Waals surface area contributed by atoms with E-state index < -0.39 is 41.8 Å². The lowest BCUT2D eigenvalue weighted by Crippen LogP contribution is -2.54. The van der Waals surface area contributed by atoms with Crippen molar-refractivity contribution >= 4 is 29.6 Å². The Balaban J connectivity index is 0.00000131. The first kappa shape index (κ1) is 31.8. The van der Waals surface area contributed by atoms with E-state index in [-0.39, 0.29) is 24.6 Å². The summed E-state index contributed by atoms with van der Waals surface area (Å²) >= 11 is 0. The molecule has 4 amide bonds. The maximum Gasteiger partial charge on any atom is 0.300 e. The lowest BCUT2D eigenvalue weighted by molar-refractivity contribution is -0.134. The number of carboxylic acids is 1. The number of aromatic hydroxyl groups is 1. The summed E-state index contributed by atoms with van der Waals surface area (Å²) in [5.41, 5.74) is 7.71. The van der Waals surface area contributed by atoms with Crippen molar-refractivity contribution in [3.8, 4) is 5.75 Å². The molecule has 0 saturated carbocycles. The third-order valence-electron chi connectivity index (χ3n) is 5.94. The number of rotatable bonds is 6. The van der Waals surface area contributed by atoms with Gasteiger partial charge in [-0.3, -0.25) is 24.0 Å². The van der Waals surface area contributed by atoms with Crippen molar-refractivity contribution in [1.82, 2.24) is 21.3 Å². The van der Waals surface area contributed by atoms with E-state index in [9.17, 15) is 24.3 Å². The van der Waals surface area contributed by atoms with Crippen molar-refractivity contribution in [2.45, 2.75) is 57.2 Å². The Labute approximate surface area is 232 Å². The molecule has 3 atom stereocenters. The second kappa shape index (κ2) is 16.5. The highest BCUT2D eigenvalue weighted by atomic mass is 16.4. The Morgan fingerprint density at radius 2 is 1.62 bits per heavy atom. The van der Waals surface area contributed by atoms with E-state index in [1.54, 1.807) is 12.1 Å². The number of carbonyl (C=O) groups excluding carboxylic acids is 4. The number of carbonyl (C=O) groups is 5. The summed E-state index contributed by atoms with van der Waals surface area (Å²) in [6.07, 6.45) is 2.05. The molecule has 40 heavy (non-hydrogen) atoms. The SMILES string of the molecule is CC(=O)O.N[C@@H](Cc1ccc(O)cc1)C(=O)N[C@@H]1CCCCNC(=O)[C@H](Cc2ccccc2)NC(=O)CNC1=O. The Morgan fingerprint density at radius 1 is 0.975 bits per heavy atom. The zero-order chi connectivity index (χ0) is 29.5. The molecule has 0 aliphatic carbocycles. The van der Waals surface area contributed by atoms with Crippen LogP contribution in [0.15, 0.2) is 54.6 Å². The van der Waals surface area contributed by atoms with E-state index in [0.717, 1.165) is 18.1 Å². The van der Waals surface area contributed by atoms with Gasteiger partial charge in [-0.2, -0.15) is 0 Å². The number of phenolic OH excluding ortho intramolecular Hbond substituents is 1. The van der Waals surface area contributed by atoms with Crippen LogP contribution in [0.5, 0.6) is 5.75 Å². The minimum atomic E-state index is -0.895. The Kier molecular flexibility index (Phi) is 13.1. The fraction of sp³-hybridized carbons (Fsp3) is 0.393. The second-order valence-corrected chi connectivity index (χ2v) is 9.37. The van der Waals surface area contributed by atoms with Gasteiger partial charge in [0.25, 0.3) is 5.97 Å². The molecule has 0 bridgehead atoms. The van der Waals surface area contributed by atoms with Crippen molar-refractivity contribution in [2.24, 2.45) is 5.73 Å². The molecule has 0 radical (unpaired) electrons. The molecule has 0 spiro atoms. The highest BCUT2D eigenvalue weighted by Gasteiger charge is 2.26. The fourth-order valence-corrected chi connectivity index (χ4v) is 3.93. The lowest BCUT2D eigenvalue weighted by atomic mass is 10.0. The van der Waals surface area contributed by atoms with Crippen LogP contribution in [0.1, 0.15) is 37.3 Å². The van der Waals surface area contributed by atoms with Crippen LogP contribution in [-0.2, 0) is 36.8 Å². The molecule has 0 unspecified atom stereocenters. The van der Waals surface area contributed by atoms with Crippen LogP contribution >= 0.6 is 0 Å². The van der Waals surface area contributed by atoms with Gasteiger partial charge in [-0.25, -0.2) is 0 Å². The summed E-state index contributed by atoms with van der Waals surface area (Å²) in [5.74, 6) is -2.50. The average Bonchev–Trinajstić information content (AvgIpc) is 2.92. The maximum absolute atomic E-state index is 12.8. The van der Waals surface area contributed by atoms with Gasteiger partial charge in [0.2, 0.25) is 23.6 Å². The van der Waals surface area contributed by atoms with Crippen molar-refractivity contribution in [2.75, 3.05) is 13.1 Å². The highest BCUT2D eigenvalue weighted by molar-refractivity contribution is 5.93. The first-order valence-corrected chi connectivity index (χ1v) is 13.0. The Bertz CT molecular complexity index is 1140. The number of hydrogen-bond donors (Lipinski definition) is 7. The topological polar surface area (TPSA) is 200 Å². The molecule has 1 heterocycles. The predicted octanol–water partition coefficient (Wildman–Crippen LogP) is -0.0185. The second-order valence-electron chi connectivity index (χ2n) is 9.37. The van der Waals surface area contributed by atoms with E-state index in [2.05, 4.69) is 21.3 Å². The third-order valence-corrected chi connectivity index (χ3v) is 5.94. The van der Waals surface area contributed by atoms with Crippen LogP contribution in [0.4, 0.5) is 0 Å². The third kappa shape index (κ3) is 11.9. The highest BCUT2D eigenvalue weighted by Crippen LogP contribution is 2.11. The van der Waals surface area contributed by atoms with Crippen LogP contribution in [0.3, 0.4) is 0 Å². The number of nitrogens with one attached hydrogen (secondary N) is 4. The van der Waals surface area contributed by atoms with Gasteiger partial charge in [-0.05, 0) is 48.9 Å². The standard InChI is InChI=1S/C26H33N5O5.C2H4O2/c27-20(14-18-9-11-19(32)12-10-18)24(34)31-21-8-4-5-13-28-26(36)22(15-17-6-2-1-3-7-17)30-23(33)16-29-25(21)35;1-2(3)4/h1-3,6-7,9-12,20-22,32H,4-5,8,13-16,27H2,(H,28,36)(H,29,35)(H,30,33)(H,31,34);1H3,(H,3,4)/t20-,21+,22-;/m0./s1. The molecule has 1 saturated heterocycles. The minimum Gasteiger partial charge on any atom is -0.508 e. The number of aliphatic carboxylic acids is 1. The number of carboxylic acid groups (broad SMARTS) is 1. The number of phenols is 1. The number of benzene rings is 2. The van der Waals surface area contributed by atoms with Crippen LogP contribution in [0.25, 0.3) is 0 Å². The molecule has 1 aliphatic heterocycles. The normalized spacial score (nSPS) is 19.0. The molecule has 2 aromatic rings. The first-order chi connectivity index (χ1) is 19.0. The van der Waals surface area contributed by atoms with Gasteiger partial charge in [-0.15, -0.1) is 0 Å². The summed E-state index contributed by atoms with van der Waals surface area (Å²) < 4.78 is 0. The lowest BCUT2D eigenvalue weighted by Gasteiger charge is -2.21. The van der Waals surface area contributed by atoms with Crippen LogP contribution in [0.2, 0.25) is 0 Å². The molecular weight excluding hydrogens is 518 g/mol. The number of amides is 4.